The van der Waals surface area contributed by atoms with Crippen LogP contribution in [0.5, 0.6) is 0 Å². The van der Waals surface area contributed by atoms with E-state index < -0.39 is 16.9 Å². The number of carbonyl (C=O) groups excluding carboxylic acids is 1. The van der Waals surface area contributed by atoms with Crippen molar-refractivity contribution in [3.05, 3.63) is 118 Å². The molecule has 2 atom stereocenters. The summed E-state index contributed by atoms with van der Waals surface area (Å²) in [5.74, 6) is 0.209. The molecule has 4 aromatic rings. The number of nitro groups is 1. The molecule has 0 bridgehead atoms. The number of pyridine rings is 1. The van der Waals surface area contributed by atoms with Crippen molar-refractivity contribution in [2.24, 2.45) is 7.05 Å². The van der Waals surface area contributed by atoms with E-state index in [9.17, 15) is 14.9 Å². The lowest BCUT2D eigenvalue weighted by molar-refractivity contribution is -0.384. The minimum atomic E-state index is -0.519. The number of rotatable bonds is 8. The topological polar surface area (TPSA) is 115 Å². The summed E-state index contributed by atoms with van der Waals surface area (Å²) >= 11 is 0. The Balaban J connectivity index is 1.60. The number of aryl methyl sites for hydroxylation is 1. The second kappa shape index (κ2) is 9.95. The number of nitrogens with one attached hydrogen (secondary N) is 2. The second-order valence-electron chi connectivity index (χ2n) is 7.82. The van der Waals surface area contributed by atoms with Crippen molar-refractivity contribution in [3.8, 4) is 0 Å². The lowest BCUT2D eigenvalue weighted by Gasteiger charge is -2.19. The van der Waals surface area contributed by atoms with Crippen molar-refractivity contribution in [3.63, 3.8) is 0 Å². The molecule has 0 saturated carbocycles. The summed E-state index contributed by atoms with van der Waals surface area (Å²) in [5, 5.41) is 17.9. The Kier molecular flexibility index (Phi) is 6.63. The Morgan fingerprint density at radius 1 is 1.03 bits per heavy atom. The molecule has 9 heteroatoms. The molecule has 9 nitrogen and oxygen atoms in total. The third-order valence-corrected chi connectivity index (χ3v) is 5.49. The van der Waals surface area contributed by atoms with E-state index >= 15 is 0 Å². The SMILES string of the molecule is CC(Nc1ccc(C(=O)NC(c2ccccc2)c2nccn2C)cc1[N+](=O)[O-])c1ccccn1. The molecule has 0 aliphatic heterocycles. The fourth-order valence-corrected chi connectivity index (χ4v) is 3.70. The number of aromatic nitrogens is 3. The molecule has 2 unspecified atom stereocenters. The van der Waals surface area contributed by atoms with Crippen LogP contribution in [0.15, 0.2) is 85.3 Å². The standard InChI is InChI=1S/C25H24N6O3/c1-17(20-10-6-7-13-26-20)28-21-12-11-19(16-22(21)31(33)34)25(32)29-23(18-8-4-3-5-9-18)24-27-14-15-30(24)2/h3-17,23,28H,1-2H3,(H,29,32). The van der Waals surface area contributed by atoms with Gasteiger partial charge in [-0.3, -0.25) is 19.9 Å². The normalized spacial score (nSPS) is 12.5. The second-order valence-corrected chi connectivity index (χ2v) is 7.82. The molecule has 0 aliphatic rings. The van der Waals surface area contributed by atoms with Crippen molar-refractivity contribution in [2.75, 3.05) is 5.32 Å². The van der Waals surface area contributed by atoms with Gasteiger partial charge in [0.1, 0.15) is 17.6 Å². The van der Waals surface area contributed by atoms with Gasteiger partial charge in [-0.2, -0.15) is 0 Å². The van der Waals surface area contributed by atoms with E-state index in [1.165, 1.54) is 6.07 Å². The van der Waals surface area contributed by atoms with Crippen LogP contribution in [0, 0.1) is 10.1 Å². The molecule has 2 aromatic carbocycles. The number of amides is 1. The van der Waals surface area contributed by atoms with Crippen LogP contribution in [0.3, 0.4) is 0 Å². The molecular weight excluding hydrogens is 432 g/mol. The number of benzene rings is 2. The van der Waals surface area contributed by atoms with E-state index in [1.54, 1.807) is 36.8 Å². The van der Waals surface area contributed by atoms with Crippen molar-refractivity contribution in [2.45, 2.75) is 19.0 Å². The highest BCUT2D eigenvalue weighted by Gasteiger charge is 2.24. The molecule has 172 valence electrons. The summed E-state index contributed by atoms with van der Waals surface area (Å²) in [6, 6.07) is 18.6. The van der Waals surface area contributed by atoms with Crippen LogP contribution in [0.4, 0.5) is 11.4 Å². The zero-order valence-electron chi connectivity index (χ0n) is 18.8. The molecule has 4 rings (SSSR count). The molecule has 2 N–H and O–H groups in total. The Labute approximate surface area is 196 Å². The van der Waals surface area contributed by atoms with Crippen LogP contribution in [-0.4, -0.2) is 25.4 Å². The molecule has 34 heavy (non-hydrogen) atoms. The highest BCUT2D eigenvalue weighted by Crippen LogP contribution is 2.29. The maximum atomic E-state index is 13.2. The summed E-state index contributed by atoms with van der Waals surface area (Å²) in [7, 11) is 1.85. The fourth-order valence-electron chi connectivity index (χ4n) is 3.70. The summed E-state index contributed by atoms with van der Waals surface area (Å²) < 4.78 is 1.83. The van der Waals surface area contributed by atoms with Gasteiger partial charge in [0.25, 0.3) is 11.6 Å². The van der Waals surface area contributed by atoms with Crippen LogP contribution in [-0.2, 0) is 7.05 Å². The average Bonchev–Trinajstić information content (AvgIpc) is 3.29. The zero-order chi connectivity index (χ0) is 24.1. The number of hydrogen-bond acceptors (Lipinski definition) is 6. The highest BCUT2D eigenvalue weighted by molar-refractivity contribution is 5.96. The molecule has 2 aromatic heterocycles. The molecule has 0 aliphatic carbocycles. The van der Waals surface area contributed by atoms with E-state index in [0.717, 1.165) is 11.3 Å². The number of nitrogens with zero attached hydrogens (tertiary/aromatic N) is 4. The molecule has 0 spiro atoms. The predicted octanol–water partition coefficient (Wildman–Crippen LogP) is 4.42. The molecule has 1 amide bonds. The Bertz CT molecular complexity index is 1290. The maximum Gasteiger partial charge on any atom is 0.293 e. The van der Waals surface area contributed by atoms with Crippen LogP contribution in [0.1, 0.15) is 46.4 Å². The summed E-state index contributed by atoms with van der Waals surface area (Å²) in [6.45, 7) is 1.87. The van der Waals surface area contributed by atoms with E-state index in [1.807, 2.05) is 61.0 Å². The quantitative estimate of drug-likeness (QED) is 0.300. The lowest BCUT2D eigenvalue weighted by atomic mass is 10.0. The van der Waals surface area contributed by atoms with Crippen LogP contribution in [0.25, 0.3) is 0 Å². The first-order chi connectivity index (χ1) is 16.4. The van der Waals surface area contributed by atoms with Gasteiger partial charge < -0.3 is 15.2 Å². The number of nitro benzene ring substituents is 1. The molecule has 0 radical (unpaired) electrons. The molecule has 0 saturated heterocycles. The van der Waals surface area contributed by atoms with Crippen LogP contribution in [0.2, 0.25) is 0 Å². The van der Waals surface area contributed by atoms with Gasteiger partial charge in [-0.25, -0.2) is 4.98 Å². The minimum absolute atomic E-state index is 0.179. The third-order valence-electron chi connectivity index (χ3n) is 5.49. The average molecular weight is 457 g/mol. The van der Waals surface area contributed by atoms with Gasteiger partial charge in [-0.1, -0.05) is 36.4 Å². The number of hydrogen-bond donors (Lipinski definition) is 2. The van der Waals surface area contributed by atoms with Gasteiger partial charge in [0.05, 0.1) is 16.7 Å². The lowest BCUT2D eigenvalue weighted by Crippen LogP contribution is -2.31. The van der Waals surface area contributed by atoms with Crippen molar-refractivity contribution < 1.29 is 9.72 Å². The van der Waals surface area contributed by atoms with Crippen molar-refractivity contribution >= 4 is 17.3 Å². The Morgan fingerprint density at radius 2 is 1.79 bits per heavy atom. The van der Waals surface area contributed by atoms with E-state index in [-0.39, 0.29) is 17.3 Å². The van der Waals surface area contributed by atoms with Gasteiger partial charge >= 0.3 is 0 Å². The minimum Gasteiger partial charge on any atom is -0.371 e. The fraction of sp³-hybridized carbons (Fsp3) is 0.160. The molecule has 2 heterocycles. The first-order valence-corrected chi connectivity index (χ1v) is 10.7. The first-order valence-electron chi connectivity index (χ1n) is 10.7. The van der Waals surface area contributed by atoms with E-state index in [0.29, 0.717) is 11.5 Å². The number of imidazole rings is 1. The first kappa shape index (κ1) is 22.7. The van der Waals surface area contributed by atoms with E-state index in [2.05, 4.69) is 20.6 Å². The Hall–Kier alpha value is -4.53. The molecule has 0 fully saturated rings. The van der Waals surface area contributed by atoms with Crippen LogP contribution >= 0.6 is 0 Å². The monoisotopic (exact) mass is 456 g/mol. The predicted molar refractivity (Wildman–Crippen MR) is 128 cm³/mol. The van der Waals surface area contributed by atoms with Gasteiger partial charge in [0.2, 0.25) is 0 Å². The maximum absolute atomic E-state index is 13.2. The third kappa shape index (κ3) is 4.93. The number of carbonyl (C=O) groups is 1. The smallest absolute Gasteiger partial charge is 0.293 e. The van der Waals surface area contributed by atoms with Gasteiger partial charge in [-0.05, 0) is 36.8 Å². The number of anilines is 1. The zero-order valence-corrected chi connectivity index (χ0v) is 18.8. The Morgan fingerprint density at radius 3 is 2.44 bits per heavy atom. The largest absolute Gasteiger partial charge is 0.371 e. The van der Waals surface area contributed by atoms with Crippen molar-refractivity contribution in [1.82, 2.24) is 19.9 Å². The summed E-state index contributed by atoms with van der Waals surface area (Å²) in [4.78, 5) is 33.1. The van der Waals surface area contributed by atoms with E-state index in [4.69, 9.17) is 0 Å². The van der Waals surface area contributed by atoms with Gasteiger partial charge in [-0.15, -0.1) is 0 Å². The summed E-state index contributed by atoms with van der Waals surface area (Å²) in [5.41, 5.74) is 1.89. The van der Waals surface area contributed by atoms with Crippen molar-refractivity contribution in [1.29, 1.82) is 0 Å². The molecular formula is C25H24N6O3. The van der Waals surface area contributed by atoms with Crippen LogP contribution < -0.4 is 10.6 Å². The highest BCUT2D eigenvalue weighted by atomic mass is 16.6. The van der Waals surface area contributed by atoms with Gasteiger partial charge in [0.15, 0.2) is 0 Å². The summed E-state index contributed by atoms with van der Waals surface area (Å²) in [6.07, 6.45) is 5.12. The van der Waals surface area contributed by atoms with Gasteiger partial charge in [0, 0.05) is 37.3 Å².